The van der Waals surface area contributed by atoms with Crippen LogP contribution in [0.2, 0.25) is 0 Å². The van der Waals surface area contributed by atoms with E-state index in [1.54, 1.807) is 6.92 Å². The monoisotopic (exact) mass is 409 g/mol. The Labute approximate surface area is 176 Å². The molecule has 2 aromatic rings. The number of para-hydroxylation sites is 1. The van der Waals surface area contributed by atoms with Gasteiger partial charge in [0.05, 0.1) is 12.2 Å². The predicted molar refractivity (Wildman–Crippen MR) is 112 cm³/mol. The van der Waals surface area contributed by atoms with Gasteiger partial charge < -0.3 is 19.9 Å². The summed E-state index contributed by atoms with van der Waals surface area (Å²) in [5.41, 5.74) is 1.99. The lowest BCUT2D eigenvalue weighted by Crippen LogP contribution is -2.36. The van der Waals surface area contributed by atoms with Gasteiger partial charge in [-0.15, -0.1) is 0 Å². The van der Waals surface area contributed by atoms with Crippen LogP contribution in [0, 0.1) is 0 Å². The van der Waals surface area contributed by atoms with Gasteiger partial charge in [-0.3, -0.25) is 9.59 Å². The molecule has 158 valence electrons. The highest BCUT2D eigenvalue weighted by Gasteiger charge is 2.31. The Morgan fingerprint density at radius 2 is 1.97 bits per heavy atom. The largest absolute Gasteiger partial charge is 0.484 e. The molecule has 0 bridgehead atoms. The number of amides is 2. The molecule has 2 aliphatic rings. The normalized spacial score (nSPS) is 18.1. The third-order valence-corrected chi connectivity index (χ3v) is 5.77. The van der Waals surface area contributed by atoms with Crippen LogP contribution in [-0.4, -0.2) is 64.9 Å². The van der Waals surface area contributed by atoms with Gasteiger partial charge in [-0.05, 0) is 18.6 Å². The minimum atomic E-state index is -0.0229. The maximum absolute atomic E-state index is 12.6. The highest BCUT2D eigenvalue weighted by molar-refractivity contribution is 5.78. The number of ether oxygens (including phenoxy) is 1. The Balaban J connectivity index is 1.42. The van der Waals surface area contributed by atoms with Crippen molar-refractivity contribution in [2.75, 3.05) is 38.6 Å². The van der Waals surface area contributed by atoms with Gasteiger partial charge in [-0.1, -0.05) is 18.2 Å². The summed E-state index contributed by atoms with van der Waals surface area (Å²) in [6, 6.07) is 9.36. The van der Waals surface area contributed by atoms with Gasteiger partial charge in [0.25, 0.3) is 5.91 Å². The molecule has 1 atom stereocenters. The number of hydrogen-bond acceptors (Lipinski definition) is 6. The fraction of sp³-hybridized carbons (Fsp3) is 0.455. The van der Waals surface area contributed by atoms with Crippen LogP contribution in [0.25, 0.3) is 0 Å². The average Bonchev–Trinajstić information content (AvgIpc) is 3.27. The van der Waals surface area contributed by atoms with Crippen LogP contribution in [0.15, 0.2) is 30.3 Å². The minimum absolute atomic E-state index is 0.0229. The van der Waals surface area contributed by atoms with E-state index in [4.69, 9.17) is 14.7 Å². The first kappa shape index (κ1) is 20.1. The average molecular weight is 409 g/mol. The van der Waals surface area contributed by atoms with E-state index in [1.165, 1.54) is 0 Å². The topological polar surface area (TPSA) is 87.7 Å². The molecule has 0 spiro atoms. The highest BCUT2D eigenvalue weighted by Crippen LogP contribution is 2.30. The molecular formula is C22H27N5O3. The van der Waals surface area contributed by atoms with Crippen molar-refractivity contribution in [2.45, 2.75) is 32.2 Å². The number of aromatic nitrogens is 2. The Kier molecular flexibility index (Phi) is 5.83. The first-order chi connectivity index (χ1) is 14.5. The second-order valence-electron chi connectivity index (χ2n) is 7.72. The molecule has 1 saturated heterocycles. The van der Waals surface area contributed by atoms with Gasteiger partial charge in [0.2, 0.25) is 5.91 Å². The molecule has 8 nitrogen and oxygen atoms in total. The molecule has 3 heterocycles. The van der Waals surface area contributed by atoms with Gasteiger partial charge >= 0.3 is 0 Å². The molecule has 4 rings (SSSR count). The summed E-state index contributed by atoms with van der Waals surface area (Å²) < 4.78 is 5.60. The Morgan fingerprint density at radius 1 is 1.17 bits per heavy atom. The fourth-order valence-electron chi connectivity index (χ4n) is 4.04. The summed E-state index contributed by atoms with van der Waals surface area (Å²) in [5, 5.41) is 3.16. The lowest BCUT2D eigenvalue weighted by molar-refractivity contribution is -0.132. The van der Waals surface area contributed by atoms with Crippen LogP contribution >= 0.6 is 0 Å². The summed E-state index contributed by atoms with van der Waals surface area (Å²) in [4.78, 5) is 37.5. The molecule has 30 heavy (non-hydrogen) atoms. The van der Waals surface area contributed by atoms with Crippen LogP contribution in [0.4, 0.5) is 5.82 Å². The van der Waals surface area contributed by atoms with E-state index in [0.29, 0.717) is 31.9 Å². The van der Waals surface area contributed by atoms with Crippen molar-refractivity contribution < 1.29 is 14.3 Å². The quantitative estimate of drug-likeness (QED) is 0.811. The smallest absolute Gasteiger partial charge is 0.260 e. The van der Waals surface area contributed by atoms with E-state index in [0.717, 1.165) is 35.7 Å². The number of benzene rings is 1. The van der Waals surface area contributed by atoms with Gasteiger partial charge in [-0.2, -0.15) is 0 Å². The number of nitrogens with zero attached hydrogens (tertiary/aromatic N) is 4. The van der Waals surface area contributed by atoms with E-state index < -0.39 is 0 Å². The molecule has 2 aliphatic heterocycles. The second kappa shape index (κ2) is 8.69. The second-order valence-corrected chi connectivity index (χ2v) is 7.72. The molecule has 1 aromatic heterocycles. The first-order valence-corrected chi connectivity index (χ1v) is 10.3. The van der Waals surface area contributed by atoms with Gasteiger partial charge in [-0.25, -0.2) is 9.97 Å². The van der Waals surface area contributed by atoms with Crippen molar-refractivity contribution >= 4 is 17.6 Å². The molecule has 2 amide bonds. The molecule has 1 aromatic carbocycles. The fourth-order valence-corrected chi connectivity index (χ4v) is 4.04. The number of fused-ring (bicyclic) bond motifs is 1. The zero-order valence-corrected chi connectivity index (χ0v) is 17.4. The minimum Gasteiger partial charge on any atom is -0.484 e. The number of nitrogens with one attached hydrogen (secondary N) is 1. The van der Waals surface area contributed by atoms with E-state index in [1.807, 2.05) is 47.2 Å². The Bertz CT molecular complexity index is 917. The third-order valence-electron chi connectivity index (χ3n) is 5.77. The van der Waals surface area contributed by atoms with E-state index in [-0.39, 0.29) is 24.3 Å². The van der Waals surface area contributed by atoms with E-state index in [2.05, 4.69) is 5.32 Å². The van der Waals surface area contributed by atoms with Crippen LogP contribution in [-0.2, 0) is 22.6 Å². The number of hydrogen-bond donors (Lipinski definition) is 1. The SMILES string of the molecule is CNc1nc([C@H]2CCN(C(=O)COc3ccccc3)C2)nc2c1CN(C(C)=O)CC2. The number of anilines is 1. The van der Waals surface area contributed by atoms with Gasteiger partial charge in [0, 0.05) is 51.5 Å². The molecule has 0 radical (unpaired) electrons. The molecule has 1 fully saturated rings. The lowest BCUT2D eigenvalue weighted by Gasteiger charge is -2.29. The molecule has 1 N–H and O–H groups in total. The zero-order valence-electron chi connectivity index (χ0n) is 17.4. The van der Waals surface area contributed by atoms with Crippen LogP contribution in [0.3, 0.4) is 0 Å². The highest BCUT2D eigenvalue weighted by atomic mass is 16.5. The molecule has 0 saturated carbocycles. The number of carbonyl (C=O) groups is 2. The molecule has 0 unspecified atom stereocenters. The first-order valence-electron chi connectivity index (χ1n) is 10.3. The number of carbonyl (C=O) groups excluding carboxylic acids is 2. The van der Waals surface area contributed by atoms with Gasteiger partial charge in [0.1, 0.15) is 17.4 Å². The maximum atomic E-state index is 12.6. The summed E-state index contributed by atoms with van der Waals surface area (Å²) in [6.45, 7) is 4.10. The van der Waals surface area contributed by atoms with Crippen molar-refractivity contribution in [3.05, 3.63) is 47.4 Å². The molecule has 8 heteroatoms. The van der Waals surface area contributed by atoms with Crippen LogP contribution in [0.5, 0.6) is 5.75 Å². The molecular weight excluding hydrogens is 382 g/mol. The summed E-state index contributed by atoms with van der Waals surface area (Å²) in [7, 11) is 1.84. The van der Waals surface area contributed by atoms with E-state index in [9.17, 15) is 9.59 Å². The lowest BCUT2D eigenvalue weighted by atomic mass is 10.0. The number of rotatable bonds is 5. The zero-order chi connectivity index (χ0) is 21.1. The van der Waals surface area contributed by atoms with Crippen molar-refractivity contribution in [1.82, 2.24) is 19.8 Å². The third kappa shape index (κ3) is 4.22. The van der Waals surface area contributed by atoms with Crippen molar-refractivity contribution in [3.63, 3.8) is 0 Å². The van der Waals surface area contributed by atoms with Gasteiger partial charge in [0.15, 0.2) is 6.61 Å². The summed E-state index contributed by atoms with van der Waals surface area (Å²) in [6.07, 6.45) is 1.55. The van der Waals surface area contributed by atoms with Crippen LogP contribution in [0.1, 0.15) is 36.3 Å². The summed E-state index contributed by atoms with van der Waals surface area (Å²) >= 11 is 0. The van der Waals surface area contributed by atoms with E-state index >= 15 is 0 Å². The molecule has 0 aliphatic carbocycles. The van der Waals surface area contributed by atoms with Crippen molar-refractivity contribution in [2.24, 2.45) is 0 Å². The maximum Gasteiger partial charge on any atom is 0.260 e. The Morgan fingerprint density at radius 3 is 2.70 bits per heavy atom. The van der Waals surface area contributed by atoms with Crippen LogP contribution < -0.4 is 10.1 Å². The number of likely N-dealkylation sites (tertiary alicyclic amines) is 1. The predicted octanol–water partition coefficient (Wildman–Crippen LogP) is 1.82. The van der Waals surface area contributed by atoms with Crippen molar-refractivity contribution in [1.29, 1.82) is 0 Å². The summed E-state index contributed by atoms with van der Waals surface area (Å²) in [5.74, 6) is 2.39. The standard InChI is InChI=1S/C22H27N5O3/c1-15(28)26-11-9-19-18(13-26)22(23-2)25-21(24-19)16-8-10-27(12-16)20(29)14-30-17-6-4-3-5-7-17/h3-7,16H,8-14H2,1-2H3,(H,23,24,25)/t16-/m0/s1. The van der Waals surface area contributed by atoms with Crippen molar-refractivity contribution in [3.8, 4) is 5.75 Å². The Hall–Kier alpha value is -3.16.